The molecule has 0 amide bonds. The lowest BCUT2D eigenvalue weighted by atomic mass is 10.0. The maximum atomic E-state index is 4.50. The highest BCUT2D eigenvalue weighted by atomic mass is 15.4. The van der Waals surface area contributed by atoms with Gasteiger partial charge in [0.25, 0.3) is 5.95 Å². The number of nitrogens with one attached hydrogen (secondary N) is 1. The van der Waals surface area contributed by atoms with Crippen LogP contribution in [0.25, 0.3) is 5.95 Å². The molecule has 2 aromatic heterocycles. The van der Waals surface area contributed by atoms with Crippen LogP contribution in [0.15, 0.2) is 12.7 Å². The summed E-state index contributed by atoms with van der Waals surface area (Å²) < 4.78 is 1.53. The summed E-state index contributed by atoms with van der Waals surface area (Å²) in [6, 6.07) is 0. The SMILES string of the molecule is CCNc1nc(N(C)C(C)(C)CC)nc(-n2cncn2)n1. The number of anilines is 2. The van der Waals surface area contributed by atoms with Crippen molar-refractivity contribution in [1.29, 1.82) is 0 Å². The first-order chi connectivity index (χ1) is 9.97. The van der Waals surface area contributed by atoms with Crippen LogP contribution in [0.1, 0.15) is 34.1 Å². The van der Waals surface area contributed by atoms with Gasteiger partial charge < -0.3 is 10.2 Å². The van der Waals surface area contributed by atoms with Gasteiger partial charge in [0.2, 0.25) is 11.9 Å². The second kappa shape index (κ2) is 6.02. The van der Waals surface area contributed by atoms with Gasteiger partial charge in [0.05, 0.1) is 0 Å². The number of nitrogens with zero attached hydrogens (tertiary/aromatic N) is 7. The molecule has 0 atom stereocenters. The highest BCUT2D eigenvalue weighted by Gasteiger charge is 2.24. The highest BCUT2D eigenvalue weighted by molar-refractivity contribution is 5.41. The molecule has 114 valence electrons. The Bertz CT molecular complexity index is 578. The first kappa shape index (κ1) is 15.1. The predicted molar refractivity (Wildman–Crippen MR) is 81.7 cm³/mol. The van der Waals surface area contributed by atoms with Gasteiger partial charge in [-0.1, -0.05) is 6.92 Å². The molecule has 0 aliphatic heterocycles. The Morgan fingerprint density at radius 3 is 2.57 bits per heavy atom. The zero-order valence-electron chi connectivity index (χ0n) is 13.2. The van der Waals surface area contributed by atoms with E-state index in [9.17, 15) is 0 Å². The van der Waals surface area contributed by atoms with Crippen molar-refractivity contribution >= 4 is 11.9 Å². The van der Waals surface area contributed by atoms with Crippen molar-refractivity contribution < 1.29 is 0 Å². The normalized spacial score (nSPS) is 11.5. The molecule has 0 bridgehead atoms. The molecule has 0 radical (unpaired) electrons. The van der Waals surface area contributed by atoms with Crippen molar-refractivity contribution in [2.24, 2.45) is 0 Å². The summed E-state index contributed by atoms with van der Waals surface area (Å²) in [5.74, 6) is 1.59. The molecule has 0 saturated heterocycles. The third-order valence-electron chi connectivity index (χ3n) is 3.64. The fraction of sp³-hybridized carbons (Fsp3) is 0.615. The Balaban J connectivity index is 2.45. The Morgan fingerprint density at radius 2 is 2.00 bits per heavy atom. The summed E-state index contributed by atoms with van der Waals surface area (Å²) in [5, 5.41) is 7.20. The molecule has 8 heteroatoms. The lowest BCUT2D eigenvalue weighted by molar-refractivity contribution is 0.462. The summed E-state index contributed by atoms with van der Waals surface area (Å²) in [6.07, 6.45) is 4.00. The van der Waals surface area contributed by atoms with E-state index in [2.05, 4.69) is 56.0 Å². The standard InChI is InChI=1S/C13H22N8/c1-6-13(3,4)20(5)11-17-10(15-7-2)18-12(19-11)21-9-14-8-16-21/h8-9H,6-7H2,1-5H3,(H,15,17,18,19). The fourth-order valence-corrected chi connectivity index (χ4v) is 1.66. The summed E-state index contributed by atoms with van der Waals surface area (Å²) in [4.78, 5) is 19.3. The number of aromatic nitrogens is 6. The molecule has 0 spiro atoms. The maximum absolute atomic E-state index is 4.50. The fourth-order valence-electron chi connectivity index (χ4n) is 1.66. The van der Waals surface area contributed by atoms with E-state index in [1.54, 1.807) is 6.33 Å². The Kier molecular flexibility index (Phi) is 4.35. The van der Waals surface area contributed by atoms with Crippen LogP contribution in [-0.4, -0.2) is 48.8 Å². The monoisotopic (exact) mass is 290 g/mol. The van der Waals surface area contributed by atoms with Gasteiger partial charge >= 0.3 is 0 Å². The Morgan fingerprint density at radius 1 is 1.24 bits per heavy atom. The van der Waals surface area contributed by atoms with E-state index in [-0.39, 0.29) is 5.54 Å². The molecule has 0 fully saturated rings. The molecule has 0 aromatic carbocycles. The Hall–Kier alpha value is -2.25. The zero-order valence-corrected chi connectivity index (χ0v) is 13.2. The van der Waals surface area contributed by atoms with Crippen molar-refractivity contribution in [3.05, 3.63) is 12.7 Å². The van der Waals surface area contributed by atoms with Crippen LogP contribution in [-0.2, 0) is 0 Å². The van der Waals surface area contributed by atoms with Crippen LogP contribution in [0.2, 0.25) is 0 Å². The highest BCUT2D eigenvalue weighted by Crippen LogP contribution is 2.22. The van der Waals surface area contributed by atoms with Crippen molar-refractivity contribution in [2.75, 3.05) is 23.8 Å². The second-order valence-corrected chi connectivity index (χ2v) is 5.35. The summed E-state index contributed by atoms with van der Waals surface area (Å²) >= 11 is 0. The van der Waals surface area contributed by atoms with Crippen LogP contribution in [0.3, 0.4) is 0 Å². The molecule has 2 rings (SSSR count). The molecule has 21 heavy (non-hydrogen) atoms. The zero-order chi connectivity index (χ0) is 15.5. The summed E-state index contributed by atoms with van der Waals surface area (Å²) in [5.41, 5.74) is -0.0511. The van der Waals surface area contributed by atoms with Gasteiger partial charge in [-0.05, 0) is 27.2 Å². The predicted octanol–water partition coefficient (Wildman–Crippen LogP) is 1.51. The molecule has 2 aromatic rings. The summed E-state index contributed by atoms with van der Waals surface area (Å²) in [6.45, 7) is 9.18. The van der Waals surface area contributed by atoms with Crippen LogP contribution < -0.4 is 10.2 Å². The molecule has 8 nitrogen and oxygen atoms in total. The average Bonchev–Trinajstić information content (AvgIpc) is 3.00. The van der Waals surface area contributed by atoms with Gasteiger partial charge in [0, 0.05) is 19.1 Å². The second-order valence-electron chi connectivity index (χ2n) is 5.35. The van der Waals surface area contributed by atoms with Gasteiger partial charge in [0.15, 0.2) is 0 Å². The number of rotatable bonds is 6. The van der Waals surface area contributed by atoms with Crippen molar-refractivity contribution in [3.8, 4) is 5.95 Å². The molecule has 1 N–H and O–H groups in total. The van der Waals surface area contributed by atoms with E-state index in [1.807, 2.05) is 14.0 Å². The Labute approximate surface area is 124 Å². The largest absolute Gasteiger partial charge is 0.354 e. The van der Waals surface area contributed by atoms with E-state index >= 15 is 0 Å². The third-order valence-corrected chi connectivity index (χ3v) is 3.64. The molecular weight excluding hydrogens is 268 g/mol. The minimum atomic E-state index is -0.0511. The van der Waals surface area contributed by atoms with Crippen LogP contribution >= 0.6 is 0 Å². The van der Waals surface area contributed by atoms with Crippen LogP contribution in [0.4, 0.5) is 11.9 Å². The van der Waals surface area contributed by atoms with E-state index < -0.39 is 0 Å². The first-order valence-electron chi connectivity index (χ1n) is 7.06. The topological polar surface area (TPSA) is 84.7 Å². The maximum Gasteiger partial charge on any atom is 0.258 e. The lowest BCUT2D eigenvalue weighted by Crippen LogP contribution is -2.41. The van der Waals surface area contributed by atoms with Gasteiger partial charge in [-0.25, -0.2) is 4.98 Å². The minimum absolute atomic E-state index is 0.0511. The van der Waals surface area contributed by atoms with Crippen LogP contribution in [0.5, 0.6) is 0 Å². The van der Waals surface area contributed by atoms with Gasteiger partial charge in [0.1, 0.15) is 12.7 Å². The lowest BCUT2D eigenvalue weighted by Gasteiger charge is -2.34. The molecule has 0 unspecified atom stereocenters. The molecular formula is C13H22N8. The average molecular weight is 290 g/mol. The molecule has 0 saturated carbocycles. The van der Waals surface area contributed by atoms with E-state index in [0.717, 1.165) is 13.0 Å². The number of hydrogen-bond acceptors (Lipinski definition) is 7. The summed E-state index contributed by atoms with van der Waals surface area (Å²) in [7, 11) is 1.99. The number of hydrogen-bond donors (Lipinski definition) is 1. The molecule has 2 heterocycles. The quantitative estimate of drug-likeness (QED) is 0.863. The smallest absolute Gasteiger partial charge is 0.258 e. The minimum Gasteiger partial charge on any atom is -0.354 e. The molecule has 0 aliphatic carbocycles. The van der Waals surface area contributed by atoms with Gasteiger partial charge in [-0.15, -0.1) is 0 Å². The first-order valence-corrected chi connectivity index (χ1v) is 7.06. The van der Waals surface area contributed by atoms with Crippen molar-refractivity contribution in [2.45, 2.75) is 39.7 Å². The van der Waals surface area contributed by atoms with Gasteiger partial charge in [-0.3, -0.25) is 0 Å². The molecule has 0 aliphatic rings. The third kappa shape index (κ3) is 3.26. The van der Waals surface area contributed by atoms with E-state index in [4.69, 9.17) is 0 Å². The van der Waals surface area contributed by atoms with E-state index in [1.165, 1.54) is 11.0 Å². The van der Waals surface area contributed by atoms with Crippen LogP contribution in [0, 0.1) is 0 Å². The van der Waals surface area contributed by atoms with Gasteiger partial charge in [-0.2, -0.15) is 24.7 Å². The van der Waals surface area contributed by atoms with Crippen molar-refractivity contribution in [1.82, 2.24) is 29.7 Å². The van der Waals surface area contributed by atoms with Crippen molar-refractivity contribution in [3.63, 3.8) is 0 Å². The van der Waals surface area contributed by atoms with E-state index in [0.29, 0.717) is 17.8 Å².